The van der Waals surface area contributed by atoms with Crippen LogP contribution in [0.2, 0.25) is 0 Å². The van der Waals surface area contributed by atoms with Crippen molar-refractivity contribution in [3.63, 3.8) is 0 Å². The Balaban J connectivity index is 1.97. The number of nitrogens with two attached hydrogens (primary N) is 1. The van der Waals surface area contributed by atoms with Crippen molar-refractivity contribution in [1.29, 1.82) is 0 Å². The predicted molar refractivity (Wildman–Crippen MR) is 77.0 cm³/mol. The first-order chi connectivity index (χ1) is 9.83. The molecule has 2 N–H and O–H groups in total. The van der Waals surface area contributed by atoms with Crippen molar-refractivity contribution in [2.75, 3.05) is 5.73 Å². The molecule has 0 fully saturated rings. The van der Waals surface area contributed by atoms with Gasteiger partial charge in [0.15, 0.2) is 0 Å². The summed E-state index contributed by atoms with van der Waals surface area (Å²) in [6, 6.07) is 19.1. The van der Waals surface area contributed by atoms with E-state index in [1.807, 2.05) is 60.7 Å². The van der Waals surface area contributed by atoms with Crippen LogP contribution in [-0.2, 0) is 0 Å². The van der Waals surface area contributed by atoms with Gasteiger partial charge >= 0.3 is 0 Å². The fraction of sp³-hybridized carbons (Fsp3) is 0. The van der Waals surface area contributed by atoms with Gasteiger partial charge in [0.1, 0.15) is 5.69 Å². The average Bonchev–Trinajstić information content (AvgIpc) is 2.88. The van der Waals surface area contributed by atoms with Gasteiger partial charge in [-0.2, -0.15) is 4.98 Å². The number of benzene rings is 2. The minimum absolute atomic E-state index is 0.0749. The lowest BCUT2D eigenvalue weighted by Crippen LogP contribution is -1.83. The third-order valence-corrected chi connectivity index (χ3v) is 2.69. The molecule has 0 aliphatic carbocycles. The van der Waals surface area contributed by atoms with Gasteiger partial charge in [-0.25, -0.2) is 0 Å². The Morgan fingerprint density at radius 1 is 0.850 bits per heavy atom. The summed E-state index contributed by atoms with van der Waals surface area (Å²) in [6.07, 6.45) is 0. The molecule has 98 valence electrons. The van der Waals surface area contributed by atoms with Crippen LogP contribution in [0.3, 0.4) is 0 Å². The Morgan fingerprint density at radius 2 is 1.50 bits per heavy atom. The third-order valence-electron chi connectivity index (χ3n) is 2.69. The monoisotopic (exact) mass is 264 g/mol. The molecule has 3 aromatic rings. The number of hydrogen-bond acceptors (Lipinski definition) is 5. The fourth-order valence-electron chi connectivity index (χ4n) is 1.78. The van der Waals surface area contributed by atoms with Gasteiger partial charge in [0.05, 0.1) is 5.69 Å². The molecule has 0 radical (unpaired) electrons. The number of oxazole rings is 1. The summed E-state index contributed by atoms with van der Waals surface area (Å²) in [4.78, 5) is 4.15. The van der Waals surface area contributed by atoms with Crippen molar-refractivity contribution >= 4 is 17.6 Å². The number of hydrogen-bond donors (Lipinski definition) is 1. The molecule has 0 aliphatic heterocycles. The van der Waals surface area contributed by atoms with Gasteiger partial charge in [-0.05, 0) is 12.1 Å². The second-order valence-corrected chi connectivity index (χ2v) is 4.11. The largest absolute Gasteiger partial charge is 0.403 e. The van der Waals surface area contributed by atoms with Crippen LogP contribution in [-0.4, -0.2) is 4.98 Å². The fourth-order valence-corrected chi connectivity index (χ4v) is 1.78. The standard InChI is InChI=1S/C15H12N4O/c16-15-17-13(11-7-3-1-4-8-11)14(20-15)19-18-12-9-5-2-6-10-12/h1-10H,(H2,16,17). The third kappa shape index (κ3) is 2.56. The van der Waals surface area contributed by atoms with Gasteiger partial charge in [-0.1, -0.05) is 48.5 Å². The maximum absolute atomic E-state index is 5.61. The smallest absolute Gasteiger partial charge is 0.294 e. The van der Waals surface area contributed by atoms with Crippen LogP contribution in [0.15, 0.2) is 75.3 Å². The maximum atomic E-state index is 5.61. The highest BCUT2D eigenvalue weighted by Gasteiger charge is 2.12. The Morgan fingerprint density at radius 3 is 2.20 bits per heavy atom. The maximum Gasteiger partial charge on any atom is 0.294 e. The molecule has 20 heavy (non-hydrogen) atoms. The van der Waals surface area contributed by atoms with E-state index in [1.54, 1.807) is 0 Å². The average molecular weight is 264 g/mol. The highest BCUT2D eigenvalue weighted by Crippen LogP contribution is 2.32. The quantitative estimate of drug-likeness (QED) is 0.715. The van der Waals surface area contributed by atoms with Crippen molar-refractivity contribution in [3.05, 3.63) is 60.7 Å². The number of rotatable bonds is 3. The van der Waals surface area contributed by atoms with Crippen LogP contribution in [0.1, 0.15) is 0 Å². The second-order valence-electron chi connectivity index (χ2n) is 4.11. The summed E-state index contributed by atoms with van der Waals surface area (Å²) in [5.41, 5.74) is 7.81. The van der Waals surface area contributed by atoms with Crippen LogP contribution in [0.25, 0.3) is 11.3 Å². The Kier molecular flexibility index (Phi) is 3.24. The molecule has 5 nitrogen and oxygen atoms in total. The first-order valence-electron chi connectivity index (χ1n) is 6.11. The normalized spacial score (nSPS) is 11.0. The lowest BCUT2D eigenvalue weighted by atomic mass is 10.2. The van der Waals surface area contributed by atoms with E-state index in [2.05, 4.69) is 15.2 Å². The van der Waals surface area contributed by atoms with Crippen molar-refractivity contribution in [2.24, 2.45) is 10.2 Å². The van der Waals surface area contributed by atoms with Gasteiger partial charge in [0, 0.05) is 5.56 Å². The molecule has 0 aliphatic rings. The SMILES string of the molecule is Nc1nc(-c2ccccc2)c(N=Nc2ccccc2)o1. The van der Waals surface area contributed by atoms with Crippen LogP contribution >= 0.6 is 0 Å². The van der Waals surface area contributed by atoms with Crippen molar-refractivity contribution in [1.82, 2.24) is 4.98 Å². The van der Waals surface area contributed by atoms with Gasteiger partial charge in [0.25, 0.3) is 11.9 Å². The van der Waals surface area contributed by atoms with E-state index in [0.29, 0.717) is 11.6 Å². The minimum Gasteiger partial charge on any atom is -0.403 e. The molecule has 0 amide bonds. The number of aromatic nitrogens is 1. The molecular formula is C15H12N4O. The molecule has 0 saturated carbocycles. The lowest BCUT2D eigenvalue weighted by molar-refractivity contribution is 0.585. The number of nitrogen functional groups attached to an aromatic ring is 1. The van der Waals surface area contributed by atoms with Gasteiger partial charge in [0.2, 0.25) is 0 Å². The number of azo groups is 1. The molecule has 1 heterocycles. The summed E-state index contributed by atoms with van der Waals surface area (Å²) in [5, 5.41) is 8.20. The van der Waals surface area contributed by atoms with E-state index in [1.165, 1.54) is 0 Å². The molecule has 5 heteroatoms. The zero-order chi connectivity index (χ0) is 13.8. The zero-order valence-corrected chi connectivity index (χ0v) is 10.6. The van der Waals surface area contributed by atoms with Crippen LogP contribution in [0.4, 0.5) is 17.6 Å². The molecule has 1 aromatic heterocycles. The minimum atomic E-state index is 0.0749. The van der Waals surface area contributed by atoms with E-state index in [-0.39, 0.29) is 6.01 Å². The van der Waals surface area contributed by atoms with E-state index < -0.39 is 0 Å². The van der Waals surface area contributed by atoms with Crippen molar-refractivity contribution in [2.45, 2.75) is 0 Å². The molecule has 0 saturated heterocycles. The van der Waals surface area contributed by atoms with Gasteiger partial charge in [-0.3, -0.25) is 0 Å². The Hall–Kier alpha value is -2.95. The second kappa shape index (κ2) is 5.36. The zero-order valence-electron chi connectivity index (χ0n) is 10.6. The summed E-state index contributed by atoms with van der Waals surface area (Å²) in [6.45, 7) is 0. The first kappa shape index (κ1) is 12.1. The summed E-state index contributed by atoms with van der Waals surface area (Å²) < 4.78 is 5.30. The molecular weight excluding hydrogens is 252 g/mol. The van der Waals surface area contributed by atoms with E-state index in [9.17, 15) is 0 Å². The van der Waals surface area contributed by atoms with Gasteiger partial charge in [-0.15, -0.1) is 10.2 Å². The Bertz CT molecular complexity index is 720. The number of nitrogens with zero attached hydrogens (tertiary/aromatic N) is 3. The molecule has 0 spiro atoms. The van der Waals surface area contributed by atoms with Crippen LogP contribution in [0.5, 0.6) is 0 Å². The van der Waals surface area contributed by atoms with Gasteiger partial charge < -0.3 is 10.2 Å². The van der Waals surface area contributed by atoms with E-state index in [4.69, 9.17) is 10.2 Å². The molecule has 0 unspecified atom stereocenters. The highest BCUT2D eigenvalue weighted by atomic mass is 16.4. The summed E-state index contributed by atoms with van der Waals surface area (Å²) in [5.74, 6) is 0.303. The first-order valence-corrected chi connectivity index (χ1v) is 6.11. The topological polar surface area (TPSA) is 76.8 Å². The molecule has 2 aromatic carbocycles. The highest BCUT2D eigenvalue weighted by molar-refractivity contribution is 5.69. The van der Waals surface area contributed by atoms with Crippen molar-refractivity contribution in [3.8, 4) is 11.3 Å². The van der Waals surface area contributed by atoms with Crippen LogP contribution < -0.4 is 5.73 Å². The number of anilines is 1. The summed E-state index contributed by atoms with van der Waals surface area (Å²) in [7, 11) is 0. The van der Waals surface area contributed by atoms with Crippen molar-refractivity contribution < 1.29 is 4.42 Å². The van der Waals surface area contributed by atoms with E-state index >= 15 is 0 Å². The lowest BCUT2D eigenvalue weighted by Gasteiger charge is -1.95. The molecule has 0 bridgehead atoms. The van der Waals surface area contributed by atoms with Crippen LogP contribution in [0, 0.1) is 0 Å². The predicted octanol–water partition coefficient (Wildman–Crippen LogP) is 4.34. The summed E-state index contributed by atoms with van der Waals surface area (Å²) >= 11 is 0. The Labute approximate surface area is 115 Å². The van der Waals surface area contributed by atoms with E-state index in [0.717, 1.165) is 11.3 Å². The molecule has 0 atom stereocenters. The molecule has 3 rings (SSSR count).